The quantitative estimate of drug-likeness (QED) is 0.685. The van der Waals surface area contributed by atoms with Crippen LogP contribution in [0.5, 0.6) is 0 Å². The van der Waals surface area contributed by atoms with Crippen molar-refractivity contribution >= 4 is 5.96 Å². The van der Waals surface area contributed by atoms with E-state index in [9.17, 15) is 0 Å². The Kier molecular flexibility index (Phi) is 4.51. The smallest absolute Gasteiger partial charge is 0.194 e. The summed E-state index contributed by atoms with van der Waals surface area (Å²) in [4.78, 5) is 7.21. The van der Waals surface area contributed by atoms with E-state index in [4.69, 9.17) is 9.41 Å². The molecule has 0 radical (unpaired) electrons. The topological polar surface area (TPSA) is 40.8 Å². The minimum Gasteiger partial charge on any atom is -0.467 e. The molecule has 3 rings (SSSR count). The van der Waals surface area contributed by atoms with Crippen LogP contribution in [0.1, 0.15) is 51.2 Å². The second kappa shape index (κ2) is 6.54. The van der Waals surface area contributed by atoms with E-state index in [1.165, 1.54) is 45.1 Å². The summed E-state index contributed by atoms with van der Waals surface area (Å²) in [6.45, 7) is 6.00. The fraction of sp³-hybridized carbons (Fsp3) is 0.706. The summed E-state index contributed by atoms with van der Waals surface area (Å²) in [5.41, 5.74) is 0.569. The van der Waals surface area contributed by atoms with Crippen molar-refractivity contribution in [3.8, 4) is 0 Å². The molecule has 116 valence electrons. The molecule has 1 N–H and O–H groups in total. The molecule has 1 aliphatic heterocycles. The molecule has 1 saturated carbocycles. The summed E-state index contributed by atoms with van der Waals surface area (Å²) in [5, 5.41) is 3.44. The number of aliphatic imine (C=N–C) groups is 1. The standard InChI is InChI=1S/C17H27N3O/c1-2-18-16(19-13-15-7-6-12-21-15)20-11-10-17(14-20)8-4-3-5-9-17/h6-7,12H,2-5,8-11,13-14H2,1H3,(H,18,19). The van der Waals surface area contributed by atoms with Gasteiger partial charge in [0, 0.05) is 19.6 Å². The molecule has 1 aliphatic carbocycles. The zero-order valence-corrected chi connectivity index (χ0v) is 13.1. The summed E-state index contributed by atoms with van der Waals surface area (Å²) >= 11 is 0. The molecule has 2 aliphatic rings. The van der Waals surface area contributed by atoms with E-state index in [0.29, 0.717) is 12.0 Å². The van der Waals surface area contributed by atoms with E-state index in [1.807, 2.05) is 12.1 Å². The number of rotatable bonds is 3. The van der Waals surface area contributed by atoms with Crippen molar-refractivity contribution in [3.05, 3.63) is 24.2 Å². The molecule has 0 unspecified atom stereocenters. The van der Waals surface area contributed by atoms with E-state index in [1.54, 1.807) is 6.26 Å². The van der Waals surface area contributed by atoms with Gasteiger partial charge in [0.2, 0.25) is 0 Å². The molecular weight excluding hydrogens is 262 g/mol. The van der Waals surface area contributed by atoms with E-state index < -0.39 is 0 Å². The second-order valence-electron chi connectivity index (χ2n) is 6.48. The highest BCUT2D eigenvalue weighted by atomic mass is 16.3. The molecule has 1 aromatic rings. The van der Waals surface area contributed by atoms with Crippen LogP contribution in [0.25, 0.3) is 0 Å². The summed E-state index contributed by atoms with van der Waals surface area (Å²) in [6.07, 6.45) is 10.1. The summed E-state index contributed by atoms with van der Waals surface area (Å²) in [7, 11) is 0. The van der Waals surface area contributed by atoms with Crippen LogP contribution in [0.3, 0.4) is 0 Å². The van der Waals surface area contributed by atoms with E-state index in [0.717, 1.165) is 24.8 Å². The molecule has 1 aromatic heterocycles. The number of nitrogens with zero attached hydrogens (tertiary/aromatic N) is 2. The van der Waals surface area contributed by atoms with Crippen molar-refractivity contribution < 1.29 is 4.42 Å². The minimum atomic E-state index is 0.569. The lowest BCUT2D eigenvalue weighted by Gasteiger charge is -2.33. The highest BCUT2D eigenvalue weighted by Crippen LogP contribution is 2.43. The summed E-state index contributed by atoms with van der Waals surface area (Å²) in [5.74, 6) is 1.98. The number of nitrogens with one attached hydrogen (secondary N) is 1. The largest absolute Gasteiger partial charge is 0.467 e. The summed E-state index contributed by atoms with van der Waals surface area (Å²) < 4.78 is 5.38. The Morgan fingerprint density at radius 3 is 2.90 bits per heavy atom. The maximum atomic E-state index is 5.38. The number of hydrogen-bond donors (Lipinski definition) is 1. The van der Waals surface area contributed by atoms with Crippen molar-refractivity contribution in [2.45, 2.75) is 52.0 Å². The van der Waals surface area contributed by atoms with Crippen LogP contribution in [0.4, 0.5) is 0 Å². The number of hydrogen-bond acceptors (Lipinski definition) is 2. The van der Waals surface area contributed by atoms with Crippen molar-refractivity contribution in [2.75, 3.05) is 19.6 Å². The van der Waals surface area contributed by atoms with Crippen molar-refractivity contribution in [1.82, 2.24) is 10.2 Å². The third-order valence-electron chi connectivity index (χ3n) is 4.95. The number of furan rings is 1. The van der Waals surface area contributed by atoms with Crippen molar-refractivity contribution in [3.63, 3.8) is 0 Å². The van der Waals surface area contributed by atoms with Crippen LogP contribution < -0.4 is 5.32 Å². The maximum Gasteiger partial charge on any atom is 0.194 e. The van der Waals surface area contributed by atoms with Gasteiger partial charge in [0.05, 0.1) is 6.26 Å². The van der Waals surface area contributed by atoms with Crippen molar-refractivity contribution in [2.24, 2.45) is 10.4 Å². The van der Waals surface area contributed by atoms with Crippen LogP contribution >= 0.6 is 0 Å². The predicted molar refractivity (Wildman–Crippen MR) is 85.2 cm³/mol. The van der Waals surface area contributed by atoms with Gasteiger partial charge in [-0.2, -0.15) is 0 Å². The third kappa shape index (κ3) is 3.42. The van der Waals surface area contributed by atoms with Crippen LogP contribution in [-0.4, -0.2) is 30.5 Å². The molecule has 0 atom stereocenters. The summed E-state index contributed by atoms with van der Waals surface area (Å²) in [6, 6.07) is 3.91. The number of guanidine groups is 1. The Bertz CT molecular complexity index is 460. The third-order valence-corrected chi connectivity index (χ3v) is 4.95. The first-order valence-corrected chi connectivity index (χ1v) is 8.37. The molecule has 0 amide bonds. The Labute approximate surface area is 127 Å². The van der Waals surface area contributed by atoms with Gasteiger partial charge in [0.25, 0.3) is 0 Å². The fourth-order valence-electron chi connectivity index (χ4n) is 3.81. The fourth-order valence-corrected chi connectivity index (χ4v) is 3.81. The van der Waals surface area contributed by atoms with Crippen LogP contribution in [0, 0.1) is 5.41 Å². The molecule has 2 fully saturated rings. The van der Waals surface area contributed by atoms with E-state index in [2.05, 4.69) is 17.1 Å². The highest BCUT2D eigenvalue weighted by molar-refractivity contribution is 5.80. The monoisotopic (exact) mass is 289 g/mol. The van der Waals surface area contributed by atoms with Gasteiger partial charge in [-0.25, -0.2) is 4.99 Å². The molecular formula is C17H27N3O. The lowest BCUT2D eigenvalue weighted by atomic mass is 9.73. The zero-order valence-electron chi connectivity index (χ0n) is 13.1. The van der Waals surface area contributed by atoms with Crippen LogP contribution in [0.2, 0.25) is 0 Å². The zero-order chi connectivity index (χ0) is 14.5. The van der Waals surface area contributed by atoms with Crippen molar-refractivity contribution in [1.29, 1.82) is 0 Å². The Balaban J connectivity index is 1.65. The van der Waals surface area contributed by atoms with E-state index in [-0.39, 0.29) is 0 Å². The van der Waals surface area contributed by atoms with Gasteiger partial charge in [-0.3, -0.25) is 0 Å². The SMILES string of the molecule is CCNC(=NCc1ccco1)N1CCC2(CCCCC2)C1. The van der Waals surface area contributed by atoms with Gasteiger partial charge >= 0.3 is 0 Å². The first kappa shape index (κ1) is 14.5. The first-order valence-electron chi connectivity index (χ1n) is 8.37. The highest BCUT2D eigenvalue weighted by Gasteiger charge is 2.39. The van der Waals surface area contributed by atoms with Gasteiger partial charge in [-0.15, -0.1) is 0 Å². The van der Waals surface area contributed by atoms with Gasteiger partial charge in [-0.05, 0) is 43.7 Å². The Hall–Kier alpha value is -1.45. The molecule has 21 heavy (non-hydrogen) atoms. The molecule has 0 aromatic carbocycles. The van der Waals surface area contributed by atoms with Crippen LogP contribution in [-0.2, 0) is 6.54 Å². The molecule has 0 bridgehead atoms. The van der Waals surface area contributed by atoms with E-state index >= 15 is 0 Å². The molecule has 2 heterocycles. The number of likely N-dealkylation sites (tertiary alicyclic amines) is 1. The molecule has 1 spiro atoms. The average molecular weight is 289 g/mol. The average Bonchev–Trinajstić information content (AvgIpc) is 3.15. The Morgan fingerprint density at radius 1 is 1.33 bits per heavy atom. The second-order valence-corrected chi connectivity index (χ2v) is 6.48. The minimum absolute atomic E-state index is 0.569. The lowest BCUT2D eigenvalue weighted by Crippen LogP contribution is -2.41. The predicted octanol–water partition coefficient (Wildman–Crippen LogP) is 3.40. The van der Waals surface area contributed by atoms with Gasteiger partial charge in [0.15, 0.2) is 5.96 Å². The molecule has 4 nitrogen and oxygen atoms in total. The Morgan fingerprint density at radius 2 is 2.19 bits per heavy atom. The molecule has 1 saturated heterocycles. The molecule has 4 heteroatoms. The van der Waals surface area contributed by atoms with Crippen LogP contribution in [0.15, 0.2) is 27.8 Å². The first-order chi connectivity index (χ1) is 10.3. The maximum absolute atomic E-state index is 5.38. The normalized spacial score (nSPS) is 22.0. The van der Waals surface area contributed by atoms with Gasteiger partial charge in [0.1, 0.15) is 12.3 Å². The van der Waals surface area contributed by atoms with Gasteiger partial charge < -0.3 is 14.6 Å². The van der Waals surface area contributed by atoms with Gasteiger partial charge in [-0.1, -0.05) is 19.3 Å². The lowest BCUT2D eigenvalue weighted by molar-refractivity contribution is 0.203.